The monoisotopic (exact) mass is 1030 g/mol. The minimum atomic E-state index is -1.36. The molecular weight excluding hydrogens is 958 g/mol. The van der Waals surface area contributed by atoms with Gasteiger partial charge in [-0.15, -0.1) is 0 Å². The average Bonchev–Trinajstić information content (AvgIpc) is 4.25. The molecule has 0 unspecified atom stereocenters. The summed E-state index contributed by atoms with van der Waals surface area (Å²) in [5.41, 5.74) is 2.20. The number of carbonyl (C=O) groups is 2. The summed E-state index contributed by atoms with van der Waals surface area (Å²) in [5.74, 6) is -3.20. The van der Waals surface area contributed by atoms with Gasteiger partial charge in [-0.2, -0.15) is 0 Å². The summed E-state index contributed by atoms with van der Waals surface area (Å²) in [6.45, 7) is 11.6. The Bertz CT molecular complexity index is 2680. The molecule has 4 aliphatic rings. The van der Waals surface area contributed by atoms with Gasteiger partial charge in [0, 0.05) is 87.2 Å². The Morgan fingerprint density at radius 2 is 1.05 bits per heavy atom. The number of nitrogens with zero attached hydrogens (tertiary/aromatic N) is 5. The zero-order valence-electron chi connectivity index (χ0n) is 42.4. The summed E-state index contributed by atoms with van der Waals surface area (Å²) in [6, 6.07) is 20.7. The number of aromatic nitrogens is 2. The van der Waals surface area contributed by atoms with Crippen molar-refractivity contribution in [3.63, 3.8) is 0 Å². The molecule has 0 radical (unpaired) electrons. The maximum absolute atomic E-state index is 13.1. The number of aliphatic hydroxyl groups excluding tert-OH is 2. The van der Waals surface area contributed by atoms with Gasteiger partial charge in [0.2, 0.25) is 5.43 Å². The number of likely N-dealkylation sites (tertiary alicyclic amines) is 3. The molecule has 4 saturated heterocycles. The van der Waals surface area contributed by atoms with Gasteiger partial charge in [0.05, 0.1) is 19.8 Å². The third-order valence-electron chi connectivity index (χ3n) is 13.9. The van der Waals surface area contributed by atoms with Crippen LogP contribution < -0.4 is 16.2 Å². The Morgan fingerprint density at radius 3 is 1.46 bits per heavy atom. The number of halogens is 3. The summed E-state index contributed by atoms with van der Waals surface area (Å²) in [6.07, 6.45) is 14.6. The standard InChI is InChI=1S/C21H25FN2O3.C18H19FN2O4.C12H16FNO.C5H11NO/c1-3-27-21(26)19-14-23(11-15(2)20(19)25)13-18-5-4-10-24(18)12-16-6-8-17(22)9-7-16;19-13-5-3-12(4-6-13)8-21-7-1-2-14(21)9-20-10-15(18(24)25)17(23)16(22)11-20;13-11-5-3-10(4-6-11)8-14-7-1-2-12(14)9-15;7-4-5-2-1-3-6-5/h6-9,11,14,18H,3-5,10,12-13H2,1-2H3;3-6,10-11,14,22H,1-2,7-9H2,(H,24,25);3-6,12,15H,1-2,7-9H2;5-7H,1-4H2/t18-;14-;12-;5-/m0000/s1. The number of esters is 1. The van der Waals surface area contributed by atoms with E-state index in [0.29, 0.717) is 43.9 Å². The topological polar surface area (TPSA) is 190 Å². The first-order chi connectivity index (χ1) is 35.6. The number of aromatic hydroxyl groups is 1. The van der Waals surface area contributed by atoms with Crippen LogP contribution in [0.4, 0.5) is 13.2 Å². The molecule has 0 bridgehead atoms. The molecule has 4 fully saturated rings. The maximum atomic E-state index is 13.1. The average molecular weight is 1030 g/mol. The number of carboxylic acids is 1. The van der Waals surface area contributed by atoms with Gasteiger partial charge in [0.25, 0.3) is 0 Å². The van der Waals surface area contributed by atoms with Crippen LogP contribution >= 0.6 is 0 Å². The second-order valence-electron chi connectivity index (χ2n) is 19.3. The van der Waals surface area contributed by atoms with E-state index in [0.717, 1.165) is 101 Å². The third kappa shape index (κ3) is 16.9. The van der Waals surface area contributed by atoms with Gasteiger partial charge in [0.15, 0.2) is 11.2 Å². The normalized spacial score (nSPS) is 19.7. The predicted octanol–water partition coefficient (Wildman–Crippen LogP) is 6.71. The van der Waals surface area contributed by atoms with Gasteiger partial charge in [-0.3, -0.25) is 24.3 Å². The fraction of sp³-hybridized carbons (Fsp3) is 0.464. The van der Waals surface area contributed by atoms with Crippen LogP contribution in [0.25, 0.3) is 0 Å². The minimum Gasteiger partial charge on any atom is -0.503 e. The number of aryl methyl sites for hydroxylation is 1. The molecule has 3 aromatic carbocycles. The van der Waals surface area contributed by atoms with Crippen LogP contribution in [0, 0.1) is 24.4 Å². The molecule has 5 N–H and O–H groups in total. The zero-order valence-corrected chi connectivity index (χ0v) is 42.4. The number of rotatable bonds is 15. The van der Waals surface area contributed by atoms with Crippen molar-refractivity contribution in [1.82, 2.24) is 29.2 Å². The van der Waals surface area contributed by atoms with Crippen molar-refractivity contribution in [2.75, 3.05) is 46.0 Å². The fourth-order valence-corrected chi connectivity index (χ4v) is 9.92. The summed E-state index contributed by atoms with van der Waals surface area (Å²) in [5, 5.41) is 39.6. The SMILES string of the molecule is CCOC(=O)c1cn(C[C@@H]2CCCN2Cc2ccc(F)cc2)cc(C)c1=O.O=C(O)c1cn(C[C@@H]2CCCN2Cc2ccc(F)cc2)cc(O)c1=O.OC[C@@H]1CCCN1.OC[C@@H]1CCCN1Cc1ccc(F)cc1. The van der Waals surface area contributed by atoms with Crippen LogP contribution in [0.15, 0.2) is 107 Å². The van der Waals surface area contributed by atoms with E-state index < -0.39 is 28.7 Å². The van der Waals surface area contributed by atoms with E-state index in [1.807, 2.05) is 28.8 Å². The summed E-state index contributed by atoms with van der Waals surface area (Å²) >= 11 is 0. The number of aromatic carboxylic acids is 1. The van der Waals surface area contributed by atoms with E-state index in [4.69, 9.17) is 20.1 Å². The maximum Gasteiger partial charge on any atom is 0.343 e. The van der Waals surface area contributed by atoms with Crippen molar-refractivity contribution in [2.45, 2.75) is 122 Å². The number of aliphatic hydroxyl groups is 2. The van der Waals surface area contributed by atoms with Crippen molar-refractivity contribution < 1.29 is 47.9 Å². The highest BCUT2D eigenvalue weighted by molar-refractivity contribution is 5.89. The number of carbonyl (C=O) groups excluding carboxylic acids is 1. The van der Waals surface area contributed by atoms with Crippen LogP contribution in [0.2, 0.25) is 0 Å². The molecule has 400 valence electrons. The summed E-state index contributed by atoms with van der Waals surface area (Å²) in [7, 11) is 0. The number of benzene rings is 3. The Hall–Kier alpha value is -6.15. The van der Waals surface area contributed by atoms with Crippen LogP contribution in [0.1, 0.15) is 101 Å². The van der Waals surface area contributed by atoms with E-state index in [1.165, 1.54) is 55.2 Å². The molecule has 0 spiro atoms. The fourth-order valence-electron chi connectivity index (χ4n) is 9.92. The third-order valence-corrected chi connectivity index (χ3v) is 13.9. The van der Waals surface area contributed by atoms with Gasteiger partial charge in [0.1, 0.15) is 28.6 Å². The minimum absolute atomic E-state index is 0.0833. The lowest BCUT2D eigenvalue weighted by molar-refractivity contribution is 0.0522. The largest absolute Gasteiger partial charge is 0.503 e. The number of hydrogen-bond donors (Lipinski definition) is 5. The highest BCUT2D eigenvalue weighted by Gasteiger charge is 2.28. The summed E-state index contributed by atoms with van der Waals surface area (Å²) in [4.78, 5) is 54.0. The van der Waals surface area contributed by atoms with Crippen molar-refractivity contribution in [3.8, 4) is 5.75 Å². The first-order valence-electron chi connectivity index (χ1n) is 25.6. The summed E-state index contributed by atoms with van der Waals surface area (Å²) < 4.78 is 47.3. The first kappa shape index (κ1) is 57.1. The lowest BCUT2D eigenvalue weighted by atomic mass is 10.1. The highest BCUT2D eigenvalue weighted by Crippen LogP contribution is 2.24. The second kappa shape index (κ2) is 28.5. The Balaban J connectivity index is 0.000000174. The van der Waals surface area contributed by atoms with Crippen LogP contribution in [0.3, 0.4) is 0 Å². The number of pyridine rings is 2. The molecule has 18 heteroatoms. The Labute approximate surface area is 430 Å². The zero-order chi connectivity index (χ0) is 53.1. The lowest BCUT2D eigenvalue weighted by Gasteiger charge is -2.26. The van der Waals surface area contributed by atoms with Gasteiger partial charge < -0.3 is 39.6 Å². The number of carboxylic acid groups (broad SMARTS) is 1. The molecule has 2 aromatic heterocycles. The first-order valence-corrected chi connectivity index (χ1v) is 25.6. The van der Waals surface area contributed by atoms with E-state index >= 15 is 0 Å². The van der Waals surface area contributed by atoms with Crippen LogP contribution in [0.5, 0.6) is 5.75 Å². The van der Waals surface area contributed by atoms with Gasteiger partial charge in [-0.1, -0.05) is 36.4 Å². The molecule has 4 aliphatic heterocycles. The second-order valence-corrected chi connectivity index (χ2v) is 19.3. The molecule has 6 heterocycles. The molecule has 74 heavy (non-hydrogen) atoms. The Kier molecular flexibility index (Phi) is 22.0. The highest BCUT2D eigenvalue weighted by atomic mass is 19.1. The van der Waals surface area contributed by atoms with Gasteiger partial charge in [-0.05, 0) is 144 Å². The molecule has 0 saturated carbocycles. The Morgan fingerprint density at radius 1 is 0.608 bits per heavy atom. The lowest BCUT2D eigenvalue weighted by Crippen LogP contribution is -2.33. The number of ether oxygens (including phenoxy) is 1. The molecule has 9 rings (SSSR count). The number of nitrogens with one attached hydrogen (secondary N) is 1. The van der Waals surface area contributed by atoms with E-state index in [2.05, 4.69) is 20.0 Å². The van der Waals surface area contributed by atoms with E-state index in [1.54, 1.807) is 42.9 Å². The smallest absolute Gasteiger partial charge is 0.343 e. The van der Waals surface area contributed by atoms with Crippen molar-refractivity contribution >= 4 is 11.9 Å². The molecular formula is C56H71F3N6O9. The predicted molar refractivity (Wildman–Crippen MR) is 275 cm³/mol. The molecule has 5 aromatic rings. The van der Waals surface area contributed by atoms with Crippen molar-refractivity contribution in [3.05, 3.63) is 169 Å². The van der Waals surface area contributed by atoms with Crippen LogP contribution in [-0.4, -0.2) is 126 Å². The van der Waals surface area contributed by atoms with Gasteiger partial charge >= 0.3 is 11.9 Å². The van der Waals surface area contributed by atoms with Crippen LogP contribution in [-0.2, 0) is 37.5 Å². The van der Waals surface area contributed by atoms with Gasteiger partial charge in [-0.25, -0.2) is 22.8 Å². The van der Waals surface area contributed by atoms with Crippen molar-refractivity contribution in [2.24, 2.45) is 0 Å². The van der Waals surface area contributed by atoms with Crippen molar-refractivity contribution in [1.29, 1.82) is 0 Å². The van der Waals surface area contributed by atoms with E-state index in [-0.39, 0.29) is 53.7 Å². The quantitative estimate of drug-likeness (QED) is 0.0697. The molecule has 0 amide bonds. The molecule has 0 aliphatic carbocycles. The number of hydrogen-bond acceptors (Lipinski definition) is 12. The molecule has 15 nitrogen and oxygen atoms in total. The molecule has 4 atom stereocenters. The van der Waals surface area contributed by atoms with E-state index in [9.17, 15) is 37.5 Å².